The van der Waals surface area contributed by atoms with Crippen LogP contribution in [-0.4, -0.2) is 52.9 Å². The maximum absolute atomic E-state index is 13.3. The number of hydrogen-bond donors (Lipinski definition) is 0. The lowest BCUT2D eigenvalue weighted by Gasteiger charge is -2.27. The molecule has 0 aliphatic carbocycles. The number of carbonyl (C=O) groups excluding carboxylic acids is 2. The molecule has 0 fully saturated rings. The summed E-state index contributed by atoms with van der Waals surface area (Å²) in [5, 5.41) is 0.594. The van der Waals surface area contributed by atoms with Crippen LogP contribution < -0.4 is 15.4 Å². The minimum absolute atomic E-state index is 0.0566. The van der Waals surface area contributed by atoms with E-state index in [1.54, 1.807) is 47.5 Å². The number of fused-ring (bicyclic) bond motifs is 2. The molecular formula is C34H41N5O4. The molecule has 3 aromatic heterocycles. The summed E-state index contributed by atoms with van der Waals surface area (Å²) in [6, 6.07) is 13.8. The molecule has 0 unspecified atom stereocenters. The second-order valence-electron chi connectivity index (χ2n) is 12.0. The number of furan rings is 1. The van der Waals surface area contributed by atoms with Crippen LogP contribution in [0.3, 0.4) is 0 Å². The average molecular weight is 584 g/mol. The average Bonchev–Trinajstić information content (AvgIpc) is 3.35. The van der Waals surface area contributed by atoms with Crippen LogP contribution in [0.25, 0.3) is 11.0 Å². The monoisotopic (exact) mass is 583 g/mol. The van der Waals surface area contributed by atoms with Gasteiger partial charge >= 0.3 is 0 Å². The number of nitrogens with zero attached hydrogens (tertiary/aromatic N) is 5. The van der Waals surface area contributed by atoms with Crippen LogP contribution in [0, 0.1) is 26.2 Å². The number of hydrogen-bond acceptors (Lipinski definition) is 6. The number of aromatic nitrogens is 2. The van der Waals surface area contributed by atoms with E-state index >= 15 is 0 Å². The van der Waals surface area contributed by atoms with E-state index in [4.69, 9.17) is 4.42 Å². The fraction of sp³-hybridized carbons (Fsp3) is 0.412. The van der Waals surface area contributed by atoms with Gasteiger partial charge in [0.05, 0.1) is 16.8 Å². The molecule has 5 rings (SSSR count). The molecule has 0 bridgehead atoms. The van der Waals surface area contributed by atoms with Crippen molar-refractivity contribution in [3.63, 3.8) is 0 Å². The van der Waals surface area contributed by atoms with Gasteiger partial charge < -0.3 is 18.8 Å². The number of benzene rings is 1. The van der Waals surface area contributed by atoms with E-state index in [-0.39, 0.29) is 17.4 Å². The summed E-state index contributed by atoms with van der Waals surface area (Å²) in [6.45, 7) is 14.3. The number of amides is 2. The second-order valence-corrected chi connectivity index (χ2v) is 12.0. The maximum atomic E-state index is 13.3. The van der Waals surface area contributed by atoms with Crippen LogP contribution in [0.5, 0.6) is 0 Å². The first-order chi connectivity index (χ1) is 20.4. The summed E-state index contributed by atoms with van der Waals surface area (Å²) in [5.41, 5.74) is 5.09. The van der Waals surface area contributed by atoms with Gasteiger partial charge in [-0.3, -0.25) is 24.3 Å². The Morgan fingerprint density at radius 3 is 2.42 bits per heavy atom. The molecule has 4 aromatic rings. The Morgan fingerprint density at radius 1 is 0.930 bits per heavy atom. The third kappa shape index (κ3) is 5.86. The van der Waals surface area contributed by atoms with Crippen LogP contribution in [0.1, 0.15) is 49.0 Å². The Morgan fingerprint density at radius 2 is 1.70 bits per heavy atom. The van der Waals surface area contributed by atoms with E-state index in [1.165, 1.54) is 0 Å². The zero-order valence-corrected chi connectivity index (χ0v) is 26.2. The number of aryl methyl sites for hydroxylation is 3. The number of rotatable bonds is 9. The highest BCUT2D eigenvalue weighted by atomic mass is 16.3. The normalized spacial score (nSPS) is 15.0. The molecule has 0 saturated carbocycles. The lowest BCUT2D eigenvalue weighted by atomic mass is 9.90. The topological polar surface area (TPSA) is 91.9 Å². The molecule has 9 heteroatoms. The fourth-order valence-electron chi connectivity index (χ4n) is 5.91. The first-order valence-corrected chi connectivity index (χ1v) is 14.9. The smallest absolute Gasteiger partial charge is 0.261 e. The molecule has 0 spiro atoms. The lowest BCUT2D eigenvalue weighted by molar-refractivity contribution is -0.137. The second kappa shape index (κ2) is 11.8. The molecule has 0 atom stereocenters. The Bertz CT molecular complexity index is 1750. The highest BCUT2D eigenvalue weighted by Crippen LogP contribution is 2.38. The molecule has 1 aliphatic rings. The van der Waals surface area contributed by atoms with Gasteiger partial charge in [0, 0.05) is 57.4 Å². The van der Waals surface area contributed by atoms with Crippen LogP contribution >= 0.6 is 0 Å². The molecule has 1 aromatic carbocycles. The molecule has 0 radical (unpaired) electrons. The Balaban J connectivity index is 1.40. The molecule has 0 N–H and O–H groups in total. The van der Waals surface area contributed by atoms with Crippen molar-refractivity contribution in [2.24, 2.45) is 5.41 Å². The van der Waals surface area contributed by atoms with Crippen molar-refractivity contribution >= 4 is 34.2 Å². The zero-order chi connectivity index (χ0) is 31.1. The van der Waals surface area contributed by atoms with E-state index in [9.17, 15) is 14.4 Å². The van der Waals surface area contributed by atoms with Crippen molar-refractivity contribution in [1.29, 1.82) is 0 Å². The van der Waals surface area contributed by atoms with Gasteiger partial charge in [-0.25, -0.2) is 0 Å². The fourth-order valence-corrected chi connectivity index (χ4v) is 5.91. The third-order valence-corrected chi connectivity index (χ3v) is 8.51. The summed E-state index contributed by atoms with van der Waals surface area (Å²) in [6.07, 6.45) is 2.53. The Labute approximate surface area is 252 Å². The number of carbonyl (C=O) groups is 2. The highest BCUT2D eigenvalue weighted by Gasteiger charge is 2.45. The quantitative estimate of drug-likeness (QED) is 0.257. The van der Waals surface area contributed by atoms with Gasteiger partial charge in [0.2, 0.25) is 11.8 Å². The number of anilines is 2. The molecule has 226 valence electrons. The molecule has 4 heterocycles. The predicted octanol–water partition coefficient (Wildman–Crippen LogP) is 5.02. The first kappa shape index (κ1) is 30.2. The van der Waals surface area contributed by atoms with Crippen molar-refractivity contribution in [2.45, 2.75) is 61.1 Å². The largest absolute Gasteiger partial charge is 0.461 e. The van der Waals surface area contributed by atoms with Crippen LogP contribution in [0.2, 0.25) is 0 Å². The summed E-state index contributed by atoms with van der Waals surface area (Å²) in [7, 11) is 1.74. The first-order valence-electron chi connectivity index (χ1n) is 14.9. The van der Waals surface area contributed by atoms with E-state index < -0.39 is 5.41 Å². The highest BCUT2D eigenvalue weighted by molar-refractivity contribution is 6.19. The molecule has 1 aliphatic heterocycles. The lowest BCUT2D eigenvalue weighted by Crippen LogP contribution is -2.47. The summed E-state index contributed by atoms with van der Waals surface area (Å²) in [5.74, 6) is 0.313. The van der Waals surface area contributed by atoms with E-state index in [0.717, 1.165) is 52.6 Å². The minimum Gasteiger partial charge on any atom is -0.461 e. The van der Waals surface area contributed by atoms with Gasteiger partial charge in [-0.2, -0.15) is 0 Å². The van der Waals surface area contributed by atoms with Crippen molar-refractivity contribution in [3.8, 4) is 0 Å². The van der Waals surface area contributed by atoms with Gasteiger partial charge in [-0.15, -0.1) is 0 Å². The summed E-state index contributed by atoms with van der Waals surface area (Å²) in [4.78, 5) is 50.0. The SMILES string of the molecule is CCN1C(=O)C(C)(C)C(=O)N(C)c2cc(CCN(CCn3ccc4oc(C)cc4c3=O)Cc3ccc(C)nc3C)ccc21. The summed E-state index contributed by atoms with van der Waals surface area (Å²) >= 11 is 0. The molecule has 2 amide bonds. The van der Waals surface area contributed by atoms with Gasteiger partial charge in [-0.05, 0) is 89.4 Å². The molecule has 9 nitrogen and oxygen atoms in total. The van der Waals surface area contributed by atoms with Crippen LogP contribution in [-0.2, 0) is 29.1 Å². The maximum Gasteiger partial charge on any atom is 0.261 e. The van der Waals surface area contributed by atoms with E-state index in [2.05, 4.69) is 16.0 Å². The predicted molar refractivity (Wildman–Crippen MR) is 170 cm³/mol. The molecule has 43 heavy (non-hydrogen) atoms. The van der Waals surface area contributed by atoms with Crippen LogP contribution in [0.15, 0.2) is 57.9 Å². The van der Waals surface area contributed by atoms with Crippen molar-refractivity contribution < 1.29 is 14.0 Å². The standard InChI is InChI=1S/C34H41N5O4/c1-8-39-28-12-10-25(20-29(28)36(7)32(41)34(5,6)33(39)42)13-15-37(21-26-11-9-22(2)35-24(26)4)17-18-38-16-14-30-27(31(38)40)19-23(3)43-30/h9-12,14,16,19-20H,8,13,15,17-18,21H2,1-7H3. The van der Waals surface area contributed by atoms with Gasteiger partial charge in [0.25, 0.3) is 5.56 Å². The Kier molecular flexibility index (Phi) is 8.29. The van der Waals surface area contributed by atoms with Gasteiger partial charge in [0.1, 0.15) is 16.8 Å². The number of pyridine rings is 2. The van der Waals surface area contributed by atoms with Gasteiger partial charge in [-0.1, -0.05) is 12.1 Å². The van der Waals surface area contributed by atoms with Crippen LogP contribution in [0.4, 0.5) is 11.4 Å². The third-order valence-electron chi connectivity index (χ3n) is 8.51. The summed E-state index contributed by atoms with van der Waals surface area (Å²) < 4.78 is 7.38. The minimum atomic E-state index is -1.14. The Hall–Kier alpha value is -4.24. The van der Waals surface area contributed by atoms with Crippen molar-refractivity contribution in [1.82, 2.24) is 14.5 Å². The molecule has 0 saturated heterocycles. The van der Waals surface area contributed by atoms with Crippen molar-refractivity contribution in [3.05, 3.63) is 87.3 Å². The van der Waals surface area contributed by atoms with E-state index in [1.807, 2.05) is 58.0 Å². The van der Waals surface area contributed by atoms with Gasteiger partial charge in [0.15, 0.2) is 0 Å². The zero-order valence-electron chi connectivity index (χ0n) is 26.2. The van der Waals surface area contributed by atoms with Crippen molar-refractivity contribution in [2.75, 3.05) is 36.5 Å². The van der Waals surface area contributed by atoms with E-state index in [0.29, 0.717) is 37.1 Å². The molecular weight excluding hydrogens is 542 g/mol.